The van der Waals surface area contributed by atoms with Crippen molar-refractivity contribution in [2.75, 3.05) is 5.32 Å². The molecule has 0 spiro atoms. The van der Waals surface area contributed by atoms with Crippen LogP contribution >= 0.6 is 15.9 Å². The van der Waals surface area contributed by atoms with Crippen LogP contribution in [0.1, 0.15) is 16.7 Å². The molecule has 140 valence electrons. The number of rotatable bonds is 6. The number of hydrogen-bond acceptors (Lipinski definition) is 2. The van der Waals surface area contributed by atoms with Crippen LogP contribution in [0.4, 0.5) is 5.69 Å². The molecule has 0 aliphatic rings. The summed E-state index contributed by atoms with van der Waals surface area (Å²) in [7, 11) is 0. The van der Waals surface area contributed by atoms with Crippen molar-refractivity contribution < 1.29 is 4.74 Å². The molecule has 4 rings (SSSR count). The number of anilines is 1. The predicted octanol–water partition coefficient (Wildman–Crippen LogP) is 7.10. The largest absolute Gasteiger partial charge is 0.489 e. The lowest BCUT2D eigenvalue weighted by Gasteiger charge is -2.15. The number of ether oxygens (including phenoxy) is 1. The standard InChI is InChI=1S/C25H22BrNO/c1-18-7-2-3-9-20(18)17-28-25-14-13-22(26)15-21(25)16-27-24-12-6-10-19-8-4-5-11-23(19)24/h2-15,27H,16-17H2,1H3. The second-order valence-electron chi connectivity index (χ2n) is 6.85. The van der Waals surface area contributed by atoms with Crippen molar-refractivity contribution in [1.82, 2.24) is 0 Å². The Hall–Kier alpha value is -2.78. The fourth-order valence-electron chi connectivity index (χ4n) is 3.32. The molecule has 0 fully saturated rings. The fourth-order valence-corrected chi connectivity index (χ4v) is 3.73. The minimum atomic E-state index is 0.565. The van der Waals surface area contributed by atoms with E-state index in [0.29, 0.717) is 13.2 Å². The normalized spacial score (nSPS) is 10.8. The summed E-state index contributed by atoms with van der Waals surface area (Å²) in [6.45, 7) is 3.37. The molecule has 28 heavy (non-hydrogen) atoms. The third kappa shape index (κ3) is 4.20. The Kier molecular flexibility index (Phi) is 5.63. The fraction of sp³-hybridized carbons (Fsp3) is 0.120. The molecule has 0 aliphatic carbocycles. The van der Waals surface area contributed by atoms with Crippen molar-refractivity contribution in [2.24, 2.45) is 0 Å². The van der Waals surface area contributed by atoms with Gasteiger partial charge in [-0.05, 0) is 47.7 Å². The lowest BCUT2D eigenvalue weighted by Crippen LogP contribution is -2.05. The molecule has 3 heteroatoms. The van der Waals surface area contributed by atoms with Gasteiger partial charge in [0.15, 0.2) is 0 Å². The Morgan fingerprint density at radius 1 is 0.821 bits per heavy atom. The van der Waals surface area contributed by atoms with Gasteiger partial charge in [-0.1, -0.05) is 76.6 Å². The Labute approximate surface area is 174 Å². The maximum atomic E-state index is 6.17. The van der Waals surface area contributed by atoms with Crippen molar-refractivity contribution >= 4 is 32.4 Å². The van der Waals surface area contributed by atoms with Gasteiger partial charge < -0.3 is 10.1 Å². The zero-order valence-electron chi connectivity index (χ0n) is 15.8. The molecule has 0 amide bonds. The van der Waals surface area contributed by atoms with E-state index in [4.69, 9.17) is 4.74 Å². The maximum absolute atomic E-state index is 6.17. The number of hydrogen-bond donors (Lipinski definition) is 1. The molecular formula is C25H22BrNO. The Morgan fingerprint density at radius 3 is 2.50 bits per heavy atom. The summed E-state index contributed by atoms with van der Waals surface area (Å²) < 4.78 is 7.22. The zero-order valence-corrected chi connectivity index (χ0v) is 17.4. The van der Waals surface area contributed by atoms with Crippen LogP contribution in [-0.2, 0) is 13.2 Å². The molecule has 0 saturated heterocycles. The van der Waals surface area contributed by atoms with E-state index in [1.807, 2.05) is 12.1 Å². The summed E-state index contributed by atoms with van der Waals surface area (Å²) in [4.78, 5) is 0. The van der Waals surface area contributed by atoms with Crippen molar-refractivity contribution in [1.29, 1.82) is 0 Å². The SMILES string of the molecule is Cc1ccccc1COc1ccc(Br)cc1CNc1cccc2ccccc12. The van der Waals surface area contributed by atoms with Crippen LogP contribution in [0, 0.1) is 6.92 Å². The van der Waals surface area contributed by atoms with E-state index in [1.54, 1.807) is 0 Å². The zero-order chi connectivity index (χ0) is 19.3. The monoisotopic (exact) mass is 431 g/mol. The molecular weight excluding hydrogens is 410 g/mol. The second kappa shape index (κ2) is 8.49. The van der Waals surface area contributed by atoms with Crippen molar-refractivity contribution in [3.63, 3.8) is 0 Å². The summed E-state index contributed by atoms with van der Waals surface area (Å²) in [6.07, 6.45) is 0. The lowest BCUT2D eigenvalue weighted by atomic mass is 10.1. The molecule has 0 atom stereocenters. The average Bonchev–Trinajstić information content (AvgIpc) is 2.72. The number of nitrogens with one attached hydrogen (secondary N) is 1. The van der Waals surface area contributed by atoms with E-state index < -0.39 is 0 Å². The van der Waals surface area contributed by atoms with E-state index in [1.165, 1.54) is 21.9 Å². The number of benzene rings is 4. The van der Waals surface area contributed by atoms with Crippen molar-refractivity contribution in [2.45, 2.75) is 20.1 Å². The Morgan fingerprint density at radius 2 is 1.61 bits per heavy atom. The Balaban J connectivity index is 1.54. The molecule has 0 heterocycles. The third-order valence-electron chi connectivity index (χ3n) is 4.93. The highest BCUT2D eigenvalue weighted by Gasteiger charge is 2.08. The summed E-state index contributed by atoms with van der Waals surface area (Å²) in [5, 5.41) is 6.04. The van der Waals surface area contributed by atoms with Crippen molar-refractivity contribution in [3.8, 4) is 5.75 Å². The van der Waals surface area contributed by atoms with Crippen LogP contribution in [0.5, 0.6) is 5.75 Å². The topological polar surface area (TPSA) is 21.3 Å². The molecule has 0 bridgehead atoms. The molecule has 4 aromatic rings. The van der Waals surface area contributed by atoms with Crippen LogP contribution in [0.25, 0.3) is 10.8 Å². The first-order chi connectivity index (χ1) is 13.7. The van der Waals surface area contributed by atoms with Gasteiger partial charge in [-0.25, -0.2) is 0 Å². The van der Waals surface area contributed by atoms with Gasteiger partial charge in [0.05, 0.1) is 0 Å². The first-order valence-electron chi connectivity index (χ1n) is 9.38. The van der Waals surface area contributed by atoms with Gasteiger partial charge in [0, 0.05) is 27.7 Å². The molecule has 4 aromatic carbocycles. The Bertz CT molecular complexity index is 1100. The maximum Gasteiger partial charge on any atom is 0.124 e. The van der Waals surface area contributed by atoms with Gasteiger partial charge in [-0.2, -0.15) is 0 Å². The molecule has 0 aliphatic heterocycles. The molecule has 1 N–H and O–H groups in total. The molecule has 0 radical (unpaired) electrons. The van der Waals surface area contributed by atoms with E-state index in [0.717, 1.165) is 21.5 Å². The summed E-state index contributed by atoms with van der Waals surface area (Å²) in [6, 6.07) is 29.3. The number of aryl methyl sites for hydroxylation is 1. The van der Waals surface area contributed by atoms with E-state index >= 15 is 0 Å². The van der Waals surface area contributed by atoms with Crippen LogP contribution < -0.4 is 10.1 Å². The third-order valence-corrected chi connectivity index (χ3v) is 5.42. The van der Waals surface area contributed by atoms with E-state index in [2.05, 4.69) is 101 Å². The highest BCUT2D eigenvalue weighted by atomic mass is 79.9. The lowest BCUT2D eigenvalue weighted by molar-refractivity contribution is 0.302. The molecule has 0 unspecified atom stereocenters. The quantitative estimate of drug-likeness (QED) is 0.351. The van der Waals surface area contributed by atoms with Gasteiger partial charge >= 0.3 is 0 Å². The summed E-state index contributed by atoms with van der Waals surface area (Å²) in [5.41, 5.74) is 4.70. The molecule has 2 nitrogen and oxygen atoms in total. The van der Waals surface area contributed by atoms with Gasteiger partial charge in [-0.15, -0.1) is 0 Å². The highest BCUT2D eigenvalue weighted by Crippen LogP contribution is 2.28. The van der Waals surface area contributed by atoms with E-state index in [-0.39, 0.29) is 0 Å². The smallest absolute Gasteiger partial charge is 0.124 e. The van der Waals surface area contributed by atoms with Crippen LogP contribution in [0.2, 0.25) is 0 Å². The van der Waals surface area contributed by atoms with Crippen LogP contribution in [-0.4, -0.2) is 0 Å². The van der Waals surface area contributed by atoms with Gasteiger partial charge in [-0.3, -0.25) is 0 Å². The van der Waals surface area contributed by atoms with Gasteiger partial charge in [0.2, 0.25) is 0 Å². The first kappa shape index (κ1) is 18.6. The van der Waals surface area contributed by atoms with Crippen molar-refractivity contribution in [3.05, 3.63) is 106 Å². The average molecular weight is 432 g/mol. The minimum absolute atomic E-state index is 0.565. The summed E-state index contributed by atoms with van der Waals surface area (Å²) >= 11 is 3.59. The van der Waals surface area contributed by atoms with Gasteiger partial charge in [0.25, 0.3) is 0 Å². The predicted molar refractivity (Wildman–Crippen MR) is 121 cm³/mol. The van der Waals surface area contributed by atoms with E-state index in [9.17, 15) is 0 Å². The van der Waals surface area contributed by atoms with Crippen LogP contribution in [0.3, 0.4) is 0 Å². The van der Waals surface area contributed by atoms with Crippen LogP contribution in [0.15, 0.2) is 89.4 Å². The second-order valence-corrected chi connectivity index (χ2v) is 7.76. The minimum Gasteiger partial charge on any atom is -0.489 e. The molecule has 0 saturated carbocycles. The number of fused-ring (bicyclic) bond motifs is 1. The number of halogens is 1. The summed E-state index contributed by atoms with van der Waals surface area (Å²) in [5.74, 6) is 0.902. The highest BCUT2D eigenvalue weighted by molar-refractivity contribution is 9.10. The first-order valence-corrected chi connectivity index (χ1v) is 10.2. The molecule has 0 aromatic heterocycles. The van der Waals surface area contributed by atoms with Gasteiger partial charge in [0.1, 0.15) is 12.4 Å².